The second kappa shape index (κ2) is 6.22. The molecule has 0 spiro atoms. The summed E-state index contributed by atoms with van der Waals surface area (Å²) in [6.45, 7) is 8.62. The summed E-state index contributed by atoms with van der Waals surface area (Å²) in [7, 11) is 0. The van der Waals surface area contributed by atoms with E-state index in [1.54, 1.807) is 0 Å². The number of hydrogen-bond donors (Lipinski definition) is 1. The molecule has 1 fully saturated rings. The molecule has 3 unspecified atom stereocenters. The molecule has 1 N–H and O–H groups in total. The van der Waals surface area contributed by atoms with Crippen molar-refractivity contribution < 1.29 is 0 Å². The van der Waals surface area contributed by atoms with Gasteiger partial charge in [0.05, 0.1) is 10.9 Å². The lowest BCUT2D eigenvalue weighted by atomic mass is 10.1. The van der Waals surface area contributed by atoms with Crippen LogP contribution in [0.1, 0.15) is 50.4 Å². The number of aromatic nitrogens is 2. The summed E-state index contributed by atoms with van der Waals surface area (Å²) in [6.07, 6.45) is 0. The highest BCUT2D eigenvalue weighted by Gasteiger charge is 2.29. The van der Waals surface area contributed by atoms with Crippen molar-refractivity contribution in [3.8, 4) is 0 Å². The van der Waals surface area contributed by atoms with Gasteiger partial charge in [0.15, 0.2) is 0 Å². The third-order valence-electron chi connectivity index (χ3n) is 3.31. The first-order chi connectivity index (χ1) is 8.90. The molecule has 0 bridgehead atoms. The van der Waals surface area contributed by atoms with Crippen LogP contribution in [-0.2, 0) is 0 Å². The van der Waals surface area contributed by atoms with E-state index >= 15 is 0 Å². The maximum atomic E-state index is 12.0. The van der Waals surface area contributed by atoms with Crippen LogP contribution in [0, 0.1) is 0 Å². The predicted octanol–water partition coefficient (Wildman–Crippen LogP) is 3.95. The second-order valence-electron chi connectivity index (χ2n) is 5.17. The highest BCUT2D eigenvalue weighted by Crippen LogP contribution is 2.43. The molecule has 0 amide bonds. The summed E-state index contributed by atoms with van der Waals surface area (Å²) >= 11 is 7.21. The molecule has 1 aromatic heterocycles. The van der Waals surface area contributed by atoms with Gasteiger partial charge in [-0.1, -0.05) is 27.7 Å². The fourth-order valence-electron chi connectivity index (χ4n) is 1.96. The molecule has 3 atom stereocenters. The van der Waals surface area contributed by atoms with E-state index in [0.717, 1.165) is 17.3 Å². The summed E-state index contributed by atoms with van der Waals surface area (Å²) in [4.78, 5) is 19.6. The van der Waals surface area contributed by atoms with Crippen LogP contribution in [0.5, 0.6) is 0 Å². The topological polar surface area (TPSA) is 45.8 Å². The van der Waals surface area contributed by atoms with Gasteiger partial charge in [0.2, 0.25) is 0 Å². The minimum atomic E-state index is -0.0643. The molecule has 0 aromatic carbocycles. The number of H-pyrrole nitrogens is 1. The molecule has 106 valence electrons. The molecular weight excluding hydrogens is 344 g/mol. The molecule has 1 aliphatic rings. The molecule has 3 nitrogen and oxygen atoms in total. The molecule has 1 aliphatic heterocycles. The van der Waals surface area contributed by atoms with Crippen LogP contribution in [0.25, 0.3) is 0 Å². The van der Waals surface area contributed by atoms with E-state index in [1.807, 2.05) is 23.5 Å². The zero-order valence-electron chi connectivity index (χ0n) is 11.6. The minimum Gasteiger partial charge on any atom is -0.309 e. The molecule has 2 heterocycles. The lowest BCUT2D eigenvalue weighted by Gasteiger charge is -2.30. The van der Waals surface area contributed by atoms with Gasteiger partial charge < -0.3 is 4.98 Å². The van der Waals surface area contributed by atoms with Crippen molar-refractivity contribution in [2.45, 2.75) is 49.4 Å². The number of rotatable bonds is 2. The summed E-state index contributed by atoms with van der Waals surface area (Å²) in [5, 5.41) is 1.53. The van der Waals surface area contributed by atoms with E-state index < -0.39 is 0 Å². The zero-order valence-corrected chi connectivity index (χ0v) is 14.8. The van der Waals surface area contributed by atoms with Gasteiger partial charge in [-0.15, -0.1) is 11.8 Å². The number of nitrogens with zero attached hydrogens (tertiary/aromatic N) is 1. The summed E-state index contributed by atoms with van der Waals surface area (Å²) in [6, 6.07) is 0. The van der Waals surface area contributed by atoms with Crippen LogP contribution in [0.2, 0.25) is 0 Å². The Hall–Kier alpha value is 0.0600. The van der Waals surface area contributed by atoms with E-state index in [2.05, 4.69) is 53.6 Å². The zero-order chi connectivity index (χ0) is 14.2. The number of nitrogens with one attached hydrogen (secondary N) is 1. The van der Waals surface area contributed by atoms with Crippen molar-refractivity contribution in [2.24, 2.45) is 0 Å². The first-order valence-electron chi connectivity index (χ1n) is 6.46. The Kier molecular flexibility index (Phi) is 5.06. The quantitative estimate of drug-likeness (QED) is 0.864. The van der Waals surface area contributed by atoms with Crippen LogP contribution in [0.4, 0.5) is 0 Å². The fraction of sp³-hybridized carbons (Fsp3) is 0.692. The maximum Gasteiger partial charge on any atom is 0.265 e. The van der Waals surface area contributed by atoms with E-state index in [9.17, 15) is 4.79 Å². The second-order valence-corrected chi connectivity index (χ2v) is 8.96. The van der Waals surface area contributed by atoms with Gasteiger partial charge in [-0.2, -0.15) is 11.8 Å². The van der Waals surface area contributed by atoms with Crippen LogP contribution in [-0.4, -0.2) is 26.2 Å². The third-order valence-corrected chi connectivity index (χ3v) is 7.47. The van der Waals surface area contributed by atoms with Crippen molar-refractivity contribution in [3.63, 3.8) is 0 Å². The fourth-order valence-corrected chi connectivity index (χ4v) is 5.47. The van der Waals surface area contributed by atoms with Crippen molar-refractivity contribution in [2.75, 3.05) is 5.75 Å². The van der Waals surface area contributed by atoms with Crippen molar-refractivity contribution in [3.05, 3.63) is 26.3 Å². The minimum absolute atomic E-state index is 0.0643. The Labute approximate surface area is 130 Å². The predicted molar refractivity (Wildman–Crippen MR) is 88.4 cm³/mol. The first kappa shape index (κ1) is 15.4. The Balaban J connectivity index is 2.33. The van der Waals surface area contributed by atoms with Crippen molar-refractivity contribution in [1.29, 1.82) is 0 Å². The van der Waals surface area contributed by atoms with Gasteiger partial charge in [-0.3, -0.25) is 4.79 Å². The Morgan fingerprint density at radius 3 is 2.63 bits per heavy atom. The van der Waals surface area contributed by atoms with Gasteiger partial charge in [-0.05, 0) is 21.8 Å². The van der Waals surface area contributed by atoms with Gasteiger partial charge >= 0.3 is 0 Å². The molecule has 0 radical (unpaired) electrons. The largest absolute Gasteiger partial charge is 0.309 e. The molecule has 0 saturated carbocycles. The maximum absolute atomic E-state index is 12.0. The van der Waals surface area contributed by atoms with E-state index in [1.165, 1.54) is 0 Å². The first-order valence-corrected chi connectivity index (χ1v) is 9.25. The summed E-state index contributed by atoms with van der Waals surface area (Å²) in [5.74, 6) is 2.08. The van der Waals surface area contributed by atoms with Crippen molar-refractivity contribution >= 4 is 39.5 Å². The van der Waals surface area contributed by atoms with Crippen LogP contribution in [0.15, 0.2) is 9.27 Å². The van der Waals surface area contributed by atoms with Crippen LogP contribution >= 0.6 is 39.5 Å². The number of aromatic amines is 1. The number of thioether (sulfide) groups is 2. The lowest BCUT2D eigenvalue weighted by Crippen LogP contribution is -2.25. The number of hydrogen-bond acceptors (Lipinski definition) is 4. The molecule has 6 heteroatoms. The van der Waals surface area contributed by atoms with E-state index in [0.29, 0.717) is 15.0 Å². The van der Waals surface area contributed by atoms with Crippen LogP contribution in [0.3, 0.4) is 0 Å². The number of halogens is 1. The highest BCUT2D eigenvalue weighted by molar-refractivity contribution is 9.10. The van der Waals surface area contributed by atoms with E-state index in [-0.39, 0.29) is 16.7 Å². The van der Waals surface area contributed by atoms with Gasteiger partial charge in [0.25, 0.3) is 5.56 Å². The molecular formula is C13H19BrN2OS2. The average Bonchev–Trinajstić information content (AvgIpc) is 2.35. The van der Waals surface area contributed by atoms with Gasteiger partial charge in [0.1, 0.15) is 10.3 Å². The monoisotopic (exact) mass is 362 g/mol. The third kappa shape index (κ3) is 3.39. The molecule has 19 heavy (non-hydrogen) atoms. The molecule has 0 aliphatic carbocycles. The van der Waals surface area contributed by atoms with E-state index in [4.69, 9.17) is 0 Å². The summed E-state index contributed by atoms with van der Waals surface area (Å²) < 4.78 is 0.570. The molecule has 1 aromatic rings. The SMILES string of the molecule is CC(C)c1nc(C2CSC(C)C(C)S2)[nH]c(=O)c1Br. The standard InChI is InChI=1S/C13H19BrN2OS2/c1-6(2)11-10(14)13(17)16-12(15-11)9-5-18-7(3)8(4)19-9/h6-9H,5H2,1-4H3,(H,15,16,17). The Morgan fingerprint density at radius 2 is 2.05 bits per heavy atom. The van der Waals surface area contributed by atoms with Gasteiger partial charge in [0, 0.05) is 16.3 Å². The van der Waals surface area contributed by atoms with Gasteiger partial charge in [-0.25, -0.2) is 4.98 Å². The highest BCUT2D eigenvalue weighted by atomic mass is 79.9. The van der Waals surface area contributed by atoms with Crippen LogP contribution < -0.4 is 5.56 Å². The Bertz CT molecular complexity index is 518. The van der Waals surface area contributed by atoms with Crippen molar-refractivity contribution in [1.82, 2.24) is 9.97 Å². The Morgan fingerprint density at radius 1 is 1.37 bits per heavy atom. The molecule has 2 rings (SSSR count). The lowest BCUT2D eigenvalue weighted by molar-refractivity contribution is 0.763. The summed E-state index contributed by atoms with van der Waals surface area (Å²) in [5.41, 5.74) is 0.793. The molecule has 1 saturated heterocycles. The normalized spacial score (nSPS) is 27.8. The average molecular weight is 363 g/mol. The smallest absolute Gasteiger partial charge is 0.265 e.